The topological polar surface area (TPSA) is 35.6 Å². The second-order valence-electron chi connectivity index (χ2n) is 5.78. The maximum atomic E-state index is 12.5. The molecule has 1 amide bonds. The Bertz CT molecular complexity index is 421. The number of thiophene rings is 1. The smallest absolute Gasteiger partial charge is 0.236 e. The van der Waals surface area contributed by atoms with Gasteiger partial charge < -0.3 is 10.2 Å². The van der Waals surface area contributed by atoms with Crippen LogP contribution in [-0.2, 0) is 11.3 Å². The first-order valence-corrected chi connectivity index (χ1v) is 8.79. The lowest BCUT2D eigenvalue weighted by atomic mass is 10.0. The average Bonchev–Trinajstić information content (AvgIpc) is 3.00. The fourth-order valence-electron chi connectivity index (χ4n) is 2.87. The van der Waals surface area contributed by atoms with E-state index >= 15 is 0 Å². The van der Waals surface area contributed by atoms with Crippen LogP contribution in [0, 0.1) is 0 Å². The van der Waals surface area contributed by atoms with E-state index in [0.29, 0.717) is 12.6 Å². The van der Waals surface area contributed by atoms with Crippen molar-refractivity contribution in [1.82, 2.24) is 15.1 Å². The number of carbonyl (C=O) groups excluding carboxylic acids is 1. The molecule has 0 aliphatic carbocycles. The van der Waals surface area contributed by atoms with Crippen molar-refractivity contribution in [3.63, 3.8) is 0 Å². The molecule has 1 aromatic heterocycles. The van der Waals surface area contributed by atoms with Gasteiger partial charge in [0.25, 0.3) is 0 Å². The molecule has 1 saturated heterocycles. The molecule has 1 aromatic rings. The van der Waals surface area contributed by atoms with E-state index in [0.717, 1.165) is 45.4 Å². The minimum absolute atomic E-state index is 0. The largest absolute Gasteiger partial charge is 0.340 e. The van der Waals surface area contributed by atoms with Crippen molar-refractivity contribution >= 4 is 29.7 Å². The molecule has 0 radical (unpaired) electrons. The van der Waals surface area contributed by atoms with Crippen LogP contribution in [0.15, 0.2) is 17.5 Å². The molecule has 2 rings (SSSR count). The van der Waals surface area contributed by atoms with Crippen molar-refractivity contribution in [1.29, 1.82) is 0 Å². The van der Waals surface area contributed by atoms with Gasteiger partial charge in [-0.25, -0.2) is 0 Å². The normalized spacial score (nSPS) is 15.6. The SMILES string of the molecule is CCCN(CC(=O)N(C)Cc1cccs1)C1CCNCC1.Cl. The Kier molecular flexibility index (Phi) is 9.02. The van der Waals surface area contributed by atoms with Crippen LogP contribution < -0.4 is 5.32 Å². The molecule has 1 fully saturated rings. The van der Waals surface area contributed by atoms with E-state index in [1.165, 1.54) is 4.88 Å². The second kappa shape index (κ2) is 10.2. The van der Waals surface area contributed by atoms with Gasteiger partial charge in [-0.2, -0.15) is 0 Å². The fraction of sp³-hybridized carbons (Fsp3) is 0.688. The highest BCUT2D eigenvalue weighted by molar-refractivity contribution is 7.09. The van der Waals surface area contributed by atoms with Crippen LogP contribution >= 0.6 is 23.7 Å². The highest BCUT2D eigenvalue weighted by atomic mass is 35.5. The van der Waals surface area contributed by atoms with E-state index in [-0.39, 0.29) is 18.3 Å². The number of rotatable bonds is 7. The highest BCUT2D eigenvalue weighted by Crippen LogP contribution is 2.14. The summed E-state index contributed by atoms with van der Waals surface area (Å²) >= 11 is 1.71. The fourth-order valence-corrected chi connectivity index (χ4v) is 3.63. The summed E-state index contributed by atoms with van der Waals surface area (Å²) < 4.78 is 0. The van der Waals surface area contributed by atoms with Crippen molar-refractivity contribution in [2.45, 2.75) is 38.8 Å². The molecule has 0 saturated carbocycles. The van der Waals surface area contributed by atoms with Crippen LogP contribution in [-0.4, -0.2) is 55.0 Å². The third-order valence-electron chi connectivity index (χ3n) is 4.07. The second-order valence-corrected chi connectivity index (χ2v) is 6.81. The summed E-state index contributed by atoms with van der Waals surface area (Å²) in [6, 6.07) is 4.69. The van der Waals surface area contributed by atoms with Crippen LogP contribution in [0.1, 0.15) is 31.1 Å². The monoisotopic (exact) mass is 345 g/mol. The summed E-state index contributed by atoms with van der Waals surface area (Å²) in [6.45, 7) is 6.63. The van der Waals surface area contributed by atoms with Gasteiger partial charge in [0, 0.05) is 18.0 Å². The Balaban J connectivity index is 0.00000242. The number of hydrogen-bond acceptors (Lipinski definition) is 4. The van der Waals surface area contributed by atoms with Crippen LogP contribution in [0.25, 0.3) is 0 Å². The average molecular weight is 346 g/mol. The van der Waals surface area contributed by atoms with Crippen molar-refractivity contribution < 1.29 is 4.79 Å². The molecular weight excluding hydrogens is 318 g/mol. The zero-order valence-corrected chi connectivity index (χ0v) is 15.2. The molecule has 4 nitrogen and oxygen atoms in total. The number of nitrogens with zero attached hydrogens (tertiary/aromatic N) is 2. The molecule has 0 unspecified atom stereocenters. The maximum absolute atomic E-state index is 12.5. The van der Waals surface area contributed by atoms with Gasteiger partial charge in [-0.1, -0.05) is 13.0 Å². The first-order valence-electron chi connectivity index (χ1n) is 7.91. The van der Waals surface area contributed by atoms with Gasteiger partial charge in [-0.15, -0.1) is 23.7 Å². The van der Waals surface area contributed by atoms with Crippen LogP contribution in [0.3, 0.4) is 0 Å². The molecule has 1 aliphatic rings. The zero-order chi connectivity index (χ0) is 15.1. The van der Waals surface area contributed by atoms with Gasteiger partial charge in [0.05, 0.1) is 13.1 Å². The third-order valence-corrected chi connectivity index (χ3v) is 4.93. The summed E-state index contributed by atoms with van der Waals surface area (Å²) in [5, 5.41) is 5.46. The number of hydrogen-bond donors (Lipinski definition) is 1. The van der Waals surface area contributed by atoms with Crippen molar-refractivity contribution in [2.75, 3.05) is 33.2 Å². The Morgan fingerprint density at radius 2 is 2.14 bits per heavy atom. The summed E-state index contributed by atoms with van der Waals surface area (Å²) in [4.78, 5) is 18.0. The van der Waals surface area contributed by atoms with Gasteiger partial charge in [0.1, 0.15) is 0 Å². The summed E-state index contributed by atoms with van der Waals surface area (Å²) in [6.07, 6.45) is 3.41. The number of likely N-dealkylation sites (N-methyl/N-ethyl adjacent to an activating group) is 1. The maximum Gasteiger partial charge on any atom is 0.236 e. The molecule has 22 heavy (non-hydrogen) atoms. The van der Waals surface area contributed by atoms with Gasteiger partial charge >= 0.3 is 0 Å². The molecule has 2 heterocycles. The predicted octanol–water partition coefficient (Wildman–Crippen LogP) is 2.59. The van der Waals surface area contributed by atoms with E-state index in [1.807, 2.05) is 18.0 Å². The molecule has 126 valence electrons. The Morgan fingerprint density at radius 1 is 1.41 bits per heavy atom. The van der Waals surface area contributed by atoms with E-state index in [4.69, 9.17) is 0 Å². The number of nitrogens with one attached hydrogen (secondary N) is 1. The quantitative estimate of drug-likeness (QED) is 0.825. The lowest BCUT2D eigenvalue weighted by Gasteiger charge is -2.34. The van der Waals surface area contributed by atoms with E-state index in [1.54, 1.807) is 11.3 Å². The number of amides is 1. The minimum atomic E-state index is 0. The summed E-state index contributed by atoms with van der Waals surface area (Å²) in [5.74, 6) is 0.232. The number of piperidine rings is 1. The lowest BCUT2D eigenvalue weighted by molar-refractivity contribution is -0.132. The van der Waals surface area contributed by atoms with Crippen molar-refractivity contribution in [3.05, 3.63) is 22.4 Å². The summed E-state index contributed by atoms with van der Waals surface area (Å²) in [7, 11) is 1.91. The van der Waals surface area contributed by atoms with Crippen LogP contribution in [0.5, 0.6) is 0 Å². The molecule has 0 atom stereocenters. The van der Waals surface area contributed by atoms with Gasteiger partial charge in [0.2, 0.25) is 5.91 Å². The first-order chi connectivity index (χ1) is 10.2. The Hall–Kier alpha value is -0.620. The molecule has 0 aromatic carbocycles. The third kappa shape index (κ3) is 5.88. The molecule has 1 N–H and O–H groups in total. The van der Waals surface area contributed by atoms with Crippen LogP contribution in [0.2, 0.25) is 0 Å². The number of carbonyl (C=O) groups is 1. The van der Waals surface area contributed by atoms with E-state index in [9.17, 15) is 4.79 Å². The van der Waals surface area contributed by atoms with E-state index < -0.39 is 0 Å². The Labute approximate surface area is 144 Å². The number of halogens is 1. The van der Waals surface area contributed by atoms with Crippen molar-refractivity contribution in [3.8, 4) is 0 Å². The van der Waals surface area contributed by atoms with Crippen LogP contribution in [0.4, 0.5) is 0 Å². The minimum Gasteiger partial charge on any atom is -0.340 e. The van der Waals surface area contributed by atoms with Gasteiger partial charge in [-0.3, -0.25) is 9.69 Å². The van der Waals surface area contributed by atoms with Gasteiger partial charge in [-0.05, 0) is 50.3 Å². The first kappa shape index (κ1) is 19.4. The van der Waals surface area contributed by atoms with Gasteiger partial charge in [0.15, 0.2) is 0 Å². The molecule has 0 spiro atoms. The van der Waals surface area contributed by atoms with Crippen molar-refractivity contribution in [2.24, 2.45) is 0 Å². The molecule has 0 bridgehead atoms. The predicted molar refractivity (Wildman–Crippen MR) is 95.8 cm³/mol. The Morgan fingerprint density at radius 3 is 2.73 bits per heavy atom. The molecule has 1 aliphatic heterocycles. The molecule has 6 heteroatoms. The summed E-state index contributed by atoms with van der Waals surface area (Å²) in [5.41, 5.74) is 0. The zero-order valence-electron chi connectivity index (χ0n) is 13.6. The molecular formula is C16H28ClN3OS. The van der Waals surface area contributed by atoms with E-state index in [2.05, 4.69) is 28.6 Å². The highest BCUT2D eigenvalue weighted by Gasteiger charge is 2.23. The lowest BCUT2D eigenvalue weighted by Crippen LogP contribution is -2.47. The standard InChI is InChI=1S/C16H27N3OS.ClH/c1-3-10-19(14-6-8-17-9-7-14)13-16(20)18(2)12-15-5-4-11-21-15;/h4-5,11,14,17H,3,6-10,12-13H2,1-2H3;1H.